The second-order valence-corrected chi connectivity index (χ2v) is 4.90. The lowest BCUT2D eigenvalue weighted by molar-refractivity contribution is -0.118. The second-order valence-electron chi connectivity index (χ2n) is 4.90. The summed E-state index contributed by atoms with van der Waals surface area (Å²) in [6.07, 6.45) is 0.215. The number of carbonyl (C=O) groups excluding carboxylic acids is 1. The third kappa shape index (κ3) is 4.84. The Kier molecular flexibility index (Phi) is 5.21. The van der Waals surface area contributed by atoms with E-state index in [0.29, 0.717) is 6.61 Å². The Morgan fingerprint density at radius 1 is 1.14 bits per heavy atom. The van der Waals surface area contributed by atoms with Crippen molar-refractivity contribution in [1.29, 1.82) is 0 Å². The molecule has 0 saturated carbocycles. The van der Waals surface area contributed by atoms with E-state index in [9.17, 15) is 4.79 Å². The Morgan fingerprint density at radius 2 is 1.86 bits per heavy atom. The summed E-state index contributed by atoms with van der Waals surface area (Å²) in [7, 11) is 0. The number of anilines is 1. The molecule has 0 aliphatic heterocycles. The molecule has 0 aromatic heterocycles. The maximum absolute atomic E-state index is 10.7. The number of para-hydroxylation sites is 2. The monoisotopic (exact) mass is 284 g/mol. The van der Waals surface area contributed by atoms with Crippen LogP contribution in [0.25, 0.3) is 0 Å². The van der Waals surface area contributed by atoms with Crippen molar-refractivity contribution in [1.82, 2.24) is 0 Å². The van der Waals surface area contributed by atoms with Crippen molar-refractivity contribution in [2.75, 3.05) is 11.9 Å². The van der Waals surface area contributed by atoms with Crippen molar-refractivity contribution in [2.24, 2.45) is 5.73 Å². The molecular formula is C17H20N2O2. The van der Waals surface area contributed by atoms with Gasteiger partial charge in [-0.3, -0.25) is 4.79 Å². The van der Waals surface area contributed by atoms with Gasteiger partial charge in [0.05, 0.1) is 18.7 Å². The molecule has 2 aromatic rings. The molecule has 2 rings (SSSR count). The number of benzene rings is 2. The van der Waals surface area contributed by atoms with Crippen LogP contribution in [0.2, 0.25) is 0 Å². The molecular weight excluding hydrogens is 264 g/mol. The van der Waals surface area contributed by atoms with Gasteiger partial charge in [0.15, 0.2) is 0 Å². The minimum atomic E-state index is -0.361. The number of primary amides is 1. The first-order valence-electron chi connectivity index (χ1n) is 6.94. The van der Waals surface area contributed by atoms with Gasteiger partial charge in [-0.25, -0.2) is 0 Å². The summed E-state index contributed by atoms with van der Waals surface area (Å²) in [4.78, 5) is 10.7. The van der Waals surface area contributed by atoms with Gasteiger partial charge in [-0.2, -0.15) is 0 Å². The largest absolute Gasteiger partial charge is 0.491 e. The zero-order valence-corrected chi connectivity index (χ0v) is 12.1. The van der Waals surface area contributed by atoms with Crippen molar-refractivity contribution in [3.8, 4) is 5.75 Å². The average Bonchev–Trinajstić information content (AvgIpc) is 2.47. The molecule has 0 radical (unpaired) electrons. The van der Waals surface area contributed by atoms with Crippen LogP contribution in [0.15, 0.2) is 48.5 Å². The van der Waals surface area contributed by atoms with Gasteiger partial charge in [0.1, 0.15) is 5.75 Å². The number of nitrogens with two attached hydrogens (primary N) is 1. The fraction of sp³-hybridized carbons (Fsp3) is 0.235. The van der Waals surface area contributed by atoms with Crippen molar-refractivity contribution >= 4 is 11.6 Å². The molecule has 1 amide bonds. The first-order valence-corrected chi connectivity index (χ1v) is 6.94. The third-order valence-corrected chi connectivity index (χ3v) is 3.10. The summed E-state index contributed by atoms with van der Waals surface area (Å²) in [6, 6.07) is 16.0. The molecule has 110 valence electrons. The second kappa shape index (κ2) is 7.33. The quantitative estimate of drug-likeness (QED) is 0.821. The minimum Gasteiger partial charge on any atom is -0.491 e. The van der Waals surface area contributed by atoms with Gasteiger partial charge in [-0.05, 0) is 24.6 Å². The highest BCUT2D eigenvalue weighted by Gasteiger charge is 2.03. The Bertz CT molecular complexity index is 594. The van der Waals surface area contributed by atoms with Gasteiger partial charge < -0.3 is 15.8 Å². The highest BCUT2D eigenvalue weighted by Crippen LogP contribution is 2.24. The van der Waals surface area contributed by atoms with Gasteiger partial charge in [0.2, 0.25) is 5.91 Å². The summed E-state index contributed by atoms with van der Waals surface area (Å²) in [5.41, 5.74) is 8.46. The summed E-state index contributed by atoms with van der Waals surface area (Å²) >= 11 is 0. The zero-order chi connectivity index (χ0) is 15.1. The van der Waals surface area contributed by atoms with E-state index >= 15 is 0 Å². The molecule has 3 N–H and O–H groups in total. The molecule has 4 nitrogen and oxygen atoms in total. The van der Waals surface area contributed by atoms with Crippen molar-refractivity contribution in [2.45, 2.75) is 19.9 Å². The van der Waals surface area contributed by atoms with Crippen LogP contribution >= 0.6 is 0 Å². The molecule has 0 aliphatic rings. The number of carbonyl (C=O) groups is 1. The summed E-state index contributed by atoms with van der Waals surface area (Å²) < 4.78 is 5.59. The minimum absolute atomic E-state index is 0.215. The van der Waals surface area contributed by atoms with Crippen LogP contribution in [0.3, 0.4) is 0 Å². The first kappa shape index (κ1) is 14.9. The Morgan fingerprint density at radius 3 is 2.57 bits per heavy atom. The maximum Gasteiger partial charge on any atom is 0.220 e. The fourth-order valence-electron chi connectivity index (χ4n) is 1.90. The van der Waals surface area contributed by atoms with E-state index in [1.165, 1.54) is 11.1 Å². The highest BCUT2D eigenvalue weighted by molar-refractivity contribution is 5.73. The van der Waals surface area contributed by atoms with Gasteiger partial charge in [0, 0.05) is 6.54 Å². The Labute approximate surface area is 124 Å². The van der Waals surface area contributed by atoms with E-state index in [1.54, 1.807) is 0 Å². The van der Waals surface area contributed by atoms with Crippen LogP contribution in [0, 0.1) is 6.92 Å². The van der Waals surface area contributed by atoms with E-state index in [4.69, 9.17) is 10.5 Å². The molecule has 0 bridgehead atoms. The number of ether oxygens (including phenoxy) is 1. The van der Waals surface area contributed by atoms with Crippen LogP contribution in [-0.2, 0) is 11.3 Å². The maximum atomic E-state index is 10.7. The molecule has 21 heavy (non-hydrogen) atoms. The Hall–Kier alpha value is -2.49. The van der Waals surface area contributed by atoms with Crippen LogP contribution in [-0.4, -0.2) is 12.5 Å². The molecule has 0 unspecified atom stereocenters. The molecule has 0 spiro atoms. The average molecular weight is 284 g/mol. The molecule has 4 heteroatoms. The number of hydrogen-bond donors (Lipinski definition) is 2. The van der Waals surface area contributed by atoms with Crippen LogP contribution < -0.4 is 15.8 Å². The third-order valence-electron chi connectivity index (χ3n) is 3.10. The topological polar surface area (TPSA) is 64.3 Å². The Balaban J connectivity index is 1.96. The number of rotatable bonds is 7. The van der Waals surface area contributed by atoms with Gasteiger partial charge >= 0.3 is 0 Å². The predicted octanol–water partition coefficient (Wildman–Crippen LogP) is 2.86. The number of amides is 1. The lowest BCUT2D eigenvalue weighted by Crippen LogP contribution is -2.15. The molecule has 0 atom stereocenters. The van der Waals surface area contributed by atoms with E-state index in [0.717, 1.165) is 18.0 Å². The summed E-state index contributed by atoms with van der Waals surface area (Å²) in [5.74, 6) is 0.367. The fourth-order valence-corrected chi connectivity index (χ4v) is 1.90. The molecule has 2 aromatic carbocycles. The van der Waals surface area contributed by atoms with Crippen molar-refractivity contribution in [3.05, 3.63) is 59.7 Å². The molecule has 0 heterocycles. The van der Waals surface area contributed by atoms with Gasteiger partial charge in [-0.1, -0.05) is 42.0 Å². The standard InChI is InChI=1S/C17H20N2O2/c1-13-6-8-14(9-7-13)12-19-15-4-2-3-5-16(15)21-11-10-17(18)20/h2-9,19H,10-12H2,1H3,(H2,18,20). The van der Waals surface area contributed by atoms with E-state index < -0.39 is 0 Å². The van der Waals surface area contributed by atoms with E-state index in [-0.39, 0.29) is 12.3 Å². The zero-order valence-electron chi connectivity index (χ0n) is 12.1. The normalized spacial score (nSPS) is 10.1. The molecule has 0 saturated heterocycles. The van der Waals surface area contributed by atoms with Crippen molar-refractivity contribution in [3.63, 3.8) is 0 Å². The molecule has 0 fully saturated rings. The van der Waals surface area contributed by atoms with Crippen LogP contribution in [0.5, 0.6) is 5.75 Å². The van der Waals surface area contributed by atoms with E-state index in [1.807, 2.05) is 24.3 Å². The predicted molar refractivity (Wildman–Crippen MR) is 84.3 cm³/mol. The smallest absolute Gasteiger partial charge is 0.220 e. The van der Waals surface area contributed by atoms with Gasteiger partial charge in [0.25, 0.3) is 0 Å². The highest BCUT2D eigenvalue weighted by atomic mass is 16.5. The lowest BCUT2D eigenvalue weighted by Gasteiger charge is -2.13. The number of hydrogen-bond acceptors (Lipinski definition) is 3. The number of nitrogens with one attached hydrogen (secondary N) is 1. The summed E-state index contributed by atoms with van der Waals surface area (Å²) in [6.45, 7) is 3.08. The van der Waals surface area contributed by atoms with Crippen LogP contribution in [0.1, 0.15) is 17.5 Å². The van der Waals surface area contributed by atoms with Crippen LogP contribution in [0.4, 0.5) is 5.69 Å². The SMILES string of the molecule is Cc1ccc(CNc2ccccc2OCCC(N)=O)cc1. The van der Waals surface area contributed by atoms with Gasteiger partial charge in [-0.15, -0.1) is 0 Å². The lowest BCUT2D eigenvalue weighted by atomic mass is 10.1. The first-order chi connectivity index (χ1) is 10.1. The molecule has 0 aliphatic carbocycles. The summed E-state index contributed by atoms with van der Waals surface area (Å²) in [5, 5.41) is 3.35. The number of aryl methyl sites for hydroxylation is 1. The van der Waals surface area contributed by atoms with E-state index in [2.05, 4.69) is 36.5 Å². The van der Waals surface area contributed by atoms with Crippen molar-refractivity contribution < 1.29 is 9.53 Å².